The number of thioether (sulfide) groups is 1. The molecule has 4 nitrogen and oxygen atoms in total. The molecule has 1 aromatic rings. The van der Waals surface area contributed by atoms with Crippen molar-refractivity contribution in [3.63, 3.8) is 0 Å². The quantitative estimate of drug-likeness (QED) is 0.553. The van der Waals surface area contributed by atoms with Gasteiger partial charge in [-0.3, -0.25) is 0 Å². The van der Waals surface area contributed by atoms with Crippen molar-refractivity contribution in [1.82, 2.24) is 20.1 Å². The summed E-state index contributed by atoms with van der Waals surface area (Å²) in [6.45, 7) is 7.59. The van der Waals surface area contributed by atoms with Gasteiger partial charge in [-0.2, -0.15) is 0 Å². The lowest BCUT2D eigenvalue weighted by atomic mass is 10.1. The van der Waals surface area contributed by atoms with Gasteiger partial charge in [0.05, 0.1) is 0 Å². The molecule has 1 rings (SSSR count). The molecule has 0 spiro atoms. The molecule has 0 amide bonds. The Hall–Kier alpha value is -0.550. The molecule has 0 saturated carbocycles. The lowest BCUT2D eigenvalue weighted by Gasteiger charge is -2.15. The predicted octanol–water partition coefficient (Wildman–Crippen LogP) is 2.77. The molecule has 0 aliphatic carbocycles. The second-order valence-corrected chi connectivity index (χ2v) is 5.70. The SMILES string of the molecule is CCCNC(CC)CCCSc1nnc(C)n1C. The molecular formula is C13H26N4S. The van der Waals surface area contributed by atoms with Crippen molar-refractivity contribution in [1.29, 1.82) is 0 Å². The lowest BCUT2D eigenvalue weighted by molar-refractivity contribution is 0.465. The minimum Gasteiger partial charge on any atom is -0.314 e. The largest absolute Gasteiger partial charge is 0.314 e. The van der Waals surface area contributed by atoms with E-state index in [9.17, 15) is 0 Å². The summed E-state index contributed by atoms with van der Waals surface area (Å²) in [5, 5.41) is 12.8. The first kappa shape index (κ1) is 15.5. The van der Waals surface area contributed by atoms with Crippen LogP contribution in [0.15, 0.2) is 5.16 Å². The standard InChI is InChI=1S/C13H26N4S/c1-5-9-14-12(6-2)8-7-10-18-13-16-15-11(3)17(13)4/h12,14H,5-10H2,1-4H3. The van der Waals surface area contributed by atoms with Gasteiger partial charge < -0.3 is 9.88 Å². The van der Waals surface area contributed by atoms with Gasteiger partial charge in [-0.1, -0.05) is 25.6 Å². The van der Waals surface area contributed by atoms with Crippen LogP contribution in [-0.4, -0.2) is 33.1 Å². The Kier molecular flexibility index (Phi) is 7.35. The van der Waals surface area contributed by atoms with E-state index in [-0.39, 0.29) is 0 Å². The van der Waals surface area contributed by atoms with Gasteiger partial charge in [-0.05, 0) is 39.2 Å². The summed E-state index contributed by atoms with van der Waals surface area (Å²) in [5.41, 5.74) is 0. The number of hydrogen-bond acceptors (Lipinski definition) is 4. The highest BCUT2D eigenvalue weighted by atomic mass is 32.2. The first-order chi connectivity index (χ1) is 8.69. The van der Waals surface area contributed by atoms with Gasteiger partial charge in [0.25, 0.3) is 0 Å². The van der Waals surface area contributed by atoms with Crippen LogP contribution in [0.3, 0.4) is 0 Å². The van der Waals surface area contributed by atoms with Crippen molar-refractivity contribution in [3.05, 3.63) is 5.82 Å². The molecule has 0 aliphatic heterocycles. The van der Waals surface area contributed by atoms with Crippen LogP contribution in [0.25, 0.3) is 0 Å². The summed E-state index contributed by atoms with van der Waals surface area (Å²) in [7, 11) is 2.02. The summed E-state index contributed by atoms with van der Waals surface area (Å²) in [5.74, 6) is 2.10. The van der Waals surface area contributed by atoms with Crippen molar-refractivity contribution in [2.45, 2.75) is 57.7 Å². The Bertz CT molecular complexity index is 338. The van der Waals surface area contributed by atoms with E-state index in [1.807, 2.05) is 14.0 Å². The van der Waals surface area contributed by atoms with Crippen LogP contribution in [-0.2, 0) is 7.05 Å². The highest BCUT2D eigenvalue weighted by molar-refractivity contribution is 7.99. The van der Waals surface area contributed by atoms with Gasteiger partial charge in [0, 0.05) is 18.8 Å². The topological polar surface area (TPSA) is 42.7 Å². The number of nitrogens with zero attached hydrogens (tertiary/aromatic N) is 3. The Morgan fingerprint density at radius 2 is 2.11 bits per heavy atom. The second-order valence-electron chi connectivity index (χ2n) is 4.64. The third-order valence-electron chi connectivity index (χ3n) is 3.16. The van der Waals surface area contributed by atoms with E-state index in [1.165, 1.54) is 25.7 Å². The fraction of sp³-hybridized carbons (Fsp3) is 0.846. The molecule has 1 unspecified atom stereocenters. The zero-order valence-electron chi connectivity index (χ0n) is 12.1. The molecule has 0 radical (unpaired) electrons. The molecule has 0 aliphatic rings. The monoisotopic (exact) mass is 270 g/mol. The van der Waals surface area contributed by atoms with E-state index in [0.29, 0.717) is 6.04 Å². The summed E-state index contributed by atoms with van der Waals surface area (Å²) >= 11 is 1.81. The predicted molar refractivity (Wildman–Crippen MR) is 78.1 cm³/mol. The molecule has 1 aromatic heterocycles. The first-order valence-electron chi connectivity index (χ1n) is 6.91. The van der Waals surface area contributed by atoms with Crippen molar-refractivity contribution >= 4 is 11.8 Å². The molecule has 1 heterocycles. The number of rotatable bonds is 9. The number of aryl methyl sites for hydroxylation is 1. The maximum absolute atomic E-state index is 4.16. The van der Waals surface area contributed by atoms with Gasteiger partial charge in [0.15, 0.2) is 5.16 Å². The molecular weight excluding hydrogens is 244 g/mol. The van der Waals surface area contributed by atoms with Crippen molar-refractivity contribution in [3.8, 4) is 0 Å². The minimum absolute atomic E-state index is 0.673. The molecule has 104 valence electrons. The van der Waals surface area contributed by atoms with Crippen LogP contribution >= 0.6 is 11.8 Å². The van der Waals surface area contributed by atoms with Crippen LogP contribution < -0.4 is 5.32 Å². The van der Waals surface area contributed by atoms with Gasteiger partial charge in [0.1, 0.15) is 5.82 Å². The third-order valence-corrected chi connectivity index (χ3v) is 4.26. The molecule has 18 heavy (non-hydrogen) atoms. The van der Waals surface area contributed by atoms with Gasteiger partial charge >= 0.3 is 0 Å². The van der Waals surface area contributed by atoms with E-state index in [4.69, 9.17) is 0 Å². The van der Waals surface area contributed by atoms with Crippen LogP contribution in [0.1, 0.15) is 45.4 Å². The number of nitrogens with one attached hydrogen (secondary N) is 1. The highest BCUT2D eigenvalue weighted by Crippen LogP contribution is 2.17. The summed E-state index contributed by atoms with van der Waals surface area (Å²) < 4.78 is 2.05. The molecule has 0 fully saturated rings. The Balaban J connectivity index is 2.19. The van der Waals surface area contributed by atoms with Crippen LogP contribution in [0.5, 0.6) is 0 Å². The molecule has 5 heteroatoms. The maximum atomic E-state index is 4.16. The fourth-order valence-electron chi connectivity index (χ4n) is 1.81. The van der Waals surface area contributed by atoms with Gasteiger partial charge in [-0.15, -0.1) is 10.2 Å². The van der Waals surface area contributed by atoms with Crippen molar-refractivity contribution < 1.29 is 0 Å². The summed E-state index contributed by atoms with van der Waals surface area (Å²) in [6, 6.07) is 0.673. The third kappa shape index (κ3) is 4.98. The minimum atomic E-state index is 0.673. The smallest absolute Gasteiger partial charge is 0.190 e. The van der Waals surface area contributed by atoms with Crippen molar-refractivity contribution in [2.24, 2.45) is 7.05 Å². The van der Waals surface area contributed by atoms with Gasteiger partial charge in [-0.25, -0.2) is 0 Å². The average Bonchev–Trinajstić information content (AvgIpc) is 2.69. The fourth-order valence-corrected chi connectivity index (χ4v) is 2.72. The Morgan fingerprint density at radius 1 is 1.33 bits per heavy atom. The Labute approximate surface area is 115 Å². The Morgan fingerprint density at radius 3 is 2.67 bits per heavy atom. The van der Waals surface area contributed by atoms with E-state index < -0.39 is 0 Å². The maximum Gasteiger partial charge on any atom is 0.190 e. The van der Waals surface area contributed by atoms with Crippen LogP contribution in [0.4, 0.5) is 0 Å². The zero-order chi connectivity index (χ0) is 13.4. The normalized spacial score (nSPS) is 12.9. The van der Waals surface area contributed by atoms with E-state index in [2.05, 4.69) is 33.9 Å². The molecule has 0 saturated heterocycles. The highest BCUT2D eigenvalue weighted by Gasteiger charge is 2.07. The molecule has 1 atom stereocenters. The first-order valence-corrected chi connectivity index (χ1v) is 7.89. The molecule has 1 N–H and O–H groups in total. The lowest BCUT2D eigenvalue weighted by Crippen LogP contribution is -2.29. The second kappa shape index (κ2) is 8.53. The van der Waals surface area contributed by atoms with E-state index in [1.54, 1.807) is 11.8 Å². The van der Waals surface area contributed by atoms with Crippen LogP contribution in [0, 0.1) is 6.92 Å². The average molecular weight is 270 g/mol. The number of hydrogen-bond donors (Lipinski definition) is 1. The van der Waals surface area contributed by atoms with Gasteiger partial charge in [0.2, 0.25) is 0 Å². The number of aromatic nitrogens is 3. The summed E-state index contributed by atoms with van der Waals surface area (Å²) in [4.78, 5) is 0. The van der Waals surface area contributed by atoms with E-state index >= 15 is 0 Å². The zero-order valence-corrected chi connectivity index (χ0v) is 12.9. The van der Waals surface area contributed by atoms with Crippen LogP contribution in [0.2, 0.25) is 0 Å². The van der Waals surface area contributed by atoms with Crippen molar-refractivity contribution in [2.75, 3.05) is 12.3 Å². The summed E-state index contributed by atoms with van der Waals surface area (Å²) in [6.07, 6.45) is 4.91. The molecule has 0 bridgehead atoms. The van der Waals surface area contributed by atoms with E-state index in [0.717, 1.165) is 23.3 Å². The molecule has 0 aromatic carbocycles.